The van der Waals surface area contributed by atoms with Gasteiger partial charge in [0.1, 0.15) is 0 Å². The van der Waals surface area contributed by atoms with Gasteiger partial charge in [0.15, 0.2) is 0 Å². The van der Waals surface area contributed by atoms with Crippen LogP contribution in [0.3, 0.4) is 0 Å². The van der Waals surface area contributed by atoms with Gasteiger partial charge in [-0.2, -0.15) is 0 Å². The SMILES string of the molecule is C[Si](C)(C)OC(=O)CCCCCCCCN. The highest BCUT2D eigenvalue weighted by atomic mass is 28.4. The molecule has 0 unspecified atom stereocenters. The first-order valence-electron chi connectivity index (χ1n) is 6.37. The summed E-state index contributed by atoms with van der Waals surface area (Å²) in [4.78, 5) is 11.4. The van der Waals surface area contributed by atoms with Gasteiger partial charge in [0, 0.05) is 6.42 Å². The second-order valence-electron chi connectivity index (χ2n) is 5.25. The summed E-state index contributed by atoms with van der Waals surface area (Å²) in [5.41, 5.74) is 5.41. The van der Waals surface area contributed by atoms with Gasteiger partial charge in [0.05, 0.1) is 0 Å². The molecule has 0 saturated carbocycles. The highest BCUT2D eigenvalue weighted by Crippen LogP contribution is 2.10. The number of carbonyl (C=O) groups excluding carboxylic acids is 1. The third-order valence-corrected chi connectivity index (χ3v) is 3.10. The molecule has 0 heterocycles. The van der Waals surface area contributed by atoms with Gasteiger partial charge in [0.25, 0.3) is 5.97 Å². The molecule has 0 spiro atoms. The van der Waals surface area contributed by atoms with Crippen molar-refractivity contribution in [1.29, 1.82) is 0 Å². The lowest BCUT2D eigenvalue weighted by atomic mass is 10.1. The van der Waals surface area contributed by atoms with E-state index in [1.165, 1.54) is 19.3 Å². The molecule has 0 aliphatic heterocycles. The van der Waals surface area contributed by atoms with Crippen LogP contribution in [0.2, 0.25) is 19.6 Å². The van der Waals surface area contributed by atoms with Gasteiger partial charge in [-0.15, -0.1) is 0 Å². The van der Waals surface area contributed by atoms with E-state index in [1.807, 2.05) is 19.6 Å². The monoisotopic (exact) mass is 245 g/mol. The van der Waals surface area contributed by atoms with Crippen molar-refractivity contribution < 1.29 is 9.22 Å². The molecule has 0 rings (SSSR count). The predicted octanol–water partition coefficient (Wildman–Crippen LogP) is 3.05. The fourth-order valence-corrected chi connectivity index (χ4v) is 2.30. The Hall–Kier alpha value is -0.353. The Morgan fingerprint density at radius 1 is 1.00 bits per heavy atom. The molecule has 0 amide bonds. The van der Waals surface area contributed by atoms with Gasteiger partial charge < -0.3 is 10.2 Å². The molecular weight excluding hydrogens is 218 g/mol. The van der Waals surface area contributed by atoms with Crippen LogP contribution in [0.25, 0.3) is 0 Å². The van der Waals surface area contributed by atoms with E-state index in [0.29, 0.717) is 6.42 Å². The first-order chi connectivity index (χ1) is 7.45. The van der Waals surface area contributed by atoms with E-state index in [0.717, 1.165) is 25.8 Å². The van der Waals surface area contributed by atoms with Crippen molar-refractivity contribution in [2.45, 2.75) is 64.6 Å². The second-order valence-corrected chi connectivity index (χ2v) is 9.68. The van der Waals surface area contributed by atoms with Crippen LogP contribution in [0, 0.1) is 0 Å². The summed E-state index contributed by atoms with van der Waals surface area (Å²) in [5.74, 6) is -0.0128. The van der Waals surface area contributed by atoms with E-state index >= 15 is 0 Å². The average Bonchev–Trinajstić information content (AvgIpc) is 2.13. The van der Waals surface area contributed by atoms with E-state index in [-0.39, 0.29) is 5.97 Å². The van der Waals surface area contributed by atoms with Crippen LogP contribution < -0.4 is 5.73 Å². The van der Waals surface area contributed by atoms with Crippen LogP contribution in [0.15, 0.2) is 0 Å². The third kappa shape index (κ3) is 11.7. The number of hydrogen-bond donors (Lipinski definition) is 1. The molecule has 0 saturated heterocycles. The van der Waals surface area contributed by atoms with Crippen LogP contribution >= 0.6 is 0 Å². The first-order valence-corrected chi connectivity index (χ1v) is 9.78. The molecule has 3 nitrogen and oxygen atoms in total. The Morgan fingerprint density at radius 3 is 2.00 bits per heavy atom. The Bertz CT molecular complexity index is 190. The minimum Gasteiger partial charge on any atom is -0.520 e. The molecule has 4 heteroatoms. The molecule has 0 aromatic heterocycles. The van der Waals surface area contributed by atoms with E-state index in [1.54, 1.807) is 0 Å². The number of nitrogens with two attached hydrogens (primary N) is 1. The molecule has 0 atom stereocenters. The largest absolute Gasteiger partial charge is 0.520 e. The minimum absolute atomic E-state index is 0.0128. The lowest BCUT2D eigenvalue weighted by Gasteiger charge is -2.17. The zero-order valence-electron chi connectivity index (χ0n) is 11.1. The minimum atomic E-state index is -1.67. The van der Waals surface area contributed by atoms with Crippen LogP contribution in [-0.2, 0) is 9.22 Å². The maximum Gasteiger partial charge on any atom is 0.292 e. The molecular formula is C12H27NO2Si. The summed E-state index contributed by atoms with van der Waals surface area (Å²) in [6.45, 7) is 6.91. The van der Waals surface area contributed by atoms with Crippen molar-refractivity contribution in [3.8, 4) is 0 Å². The Kier molecular flexibility index (Phi) is 8.57. The van der Waals surface area contributed by atoms with Gasteiger partial charge in [-0.25, -0.2) is 0 Å². The van der Waals surface area contributed by atoms with E-state index in [9.17, 15) is 4.79 Å². The third-order valence-electron chi connectivity index (χ3n) is 2.26. The number of unbranched alkanes of at least 4 members (excludes halogenated alkanes) is 5. The maximum absolute atomic E-state index is 11.4. The quantitative estimate of drug-likeness (QED) is 0.502. The van der Waals surface area contributed by atoms with Gasteiger partial charge in [0.2, 0.25) is 8.32 Å². The van der Waals surface area contributed by atoms with Crippen LogP contribution in [0.5, 0.6) is 0 Å². The van der Waals surface area contributed by atoms with Gasteiger partial charge in [-0.3, -0.25) is 4.79 Å². The van der Waals surface area contributed by atoms with Crippen molar-refractivity contribution in [2.24, 2.45) is 5.73 Å². The molecule has 96 valence electrons. The highest BCUT2D eigenvalue weighted by molar-refractivity contribution is 6.71. The Morgan fingerprint density at radius 2 is 1.50 bits per heavy atom. The van der Waals surface area contributed by atoms with Crippen molar-refractivity contribution in [1.82, 2.24) is 0 Å². The summed E-state index contributed by atoms with van der Waals surface area (Å²) in [5, 5.41) is 0. The molecule has 16 heavy (non-hydrogen) atoms. The maximum atomic E-state index is 11.4. The summed E-state index contributed by atoms with van der Waals surface area (Å²) in [7, 11) is -1.67. The van der Waals surface area contributed by atoms with Crippen molar-refractivity contribution in [3.63, 3.8) is 0 Å². The van der Waals surface area contributed by atoms with Crippen LogP contribution in [-0.4, -0.2) is 20.8 Å². The van der Waals surface area contributed by atoms with Gasteiger partial charge >= 0.3 is 0 Å². The van der Waals surface area contributed by atoms with Gasteiger partial charge in [-0.1, -0.05) is 25.7 Å². The number of hydrogen-bond acceptors (Lipinski definition) is 3. The molecule has 0 aromatic rings. The Balaban J connectivity index is 3.28. The fourth-order valence-electron chi connectivity index (χ4n) is 1.51. The smallest absolute Gasteiger partial charge is 0.292 e. The number of rotatable bonds is 9. The topological polar surface area (TPSA) is 52.3 Å². The summed E-state index contributed by atoms with van der Waals surface area (Å²) >= 11 is 0. The lowest BCUT2D eigenvalue weighted by molar-refractivity contribution is -0.135. The first kappa shape index (κ1) is 15.6. The van der Waals surface area contributed by atoms with Crippen LogP contribution in [0.1, 0.15) is 44.9 Å². The Labute approximate surface area is 101 Å². The fraction of sp³-hybridized carbons (Fsp3) is 0.917. The van der Waals surface area contributed by atoms with Crippen LogP contribution in [0.4, 0.5) is 0 Å². The second kappa shape index (κ2) is 8.76. The van der Waals surface area contributed by atoms with E-state index < -0.39 is 8.32 Å². The summed E-state index contributed by atoms with van der Waals surface area (Å²) < 4.78 is 5.37. The normalized spacial score (nSPS) is 11.5. The predicted molar refractivity (Wildman–Crippen MR) is 70.8 cm³/mol. The van der Waals surface area contributed by atoms with Gasteiger partial charge in [-0.05, 0) is 39.0 Å². The van der Waals surface area contributed by atoms with Crippen molar-refractivity contribution >= 4 is 14.3 Å². The molecule has 0 fully saturated rings. The highest BCUT2D eigenvalue weighted by Gasteiger charge is 2.19. The average molecular weight is 245 g/mol. The molecule has 2 N–H and O–H groups in total. The summed E-state index contributed by atoms with van der Waals surface area (Å²) in [6.07, 6.45) is 7.46. The number of carbonyl (C=O) groups is 1. The van der Waals surface area contributed by atoms with E-state index in [2.05, 4.69) is 0 Å². The van der Waals surface area contributed by atoms with E-state index in [4.69, 9.17) is 10.2 Å². The van der Waals surface area contributed by atoms with Crippen molar-refractivity contribution in [2.75, 3.05) is 6.54 Å². The van der Waals surface area contributed by atoms with Crippen molar-refractivity contribution in [3.05, 3.63) is 0 Å². The zero-order chi connectivity index (χ0) is 12.4. The molecule has 0 aromatic carbocycles. The molecule has 0 bridgehead atoms. The summed E-state index contributed by atoms with van der Waals surface area (Å²) in [6, 6.07) is 0. The molecule has 0 aliphatic carbocycles. The standard InChI is InChI=1S/C12H27NO2Si/c1-16(2,3)15-12(14)10-8-6-4-5-7-9-11-13/h4-11,13H2,1-3H3. The lowest BCUT2D eigenvalue weighted by Crippen LogP contribution is -2.28. The zero-order valence-corrected chi connectivity index (χ0v) is 12.1. The molecule has 0 radical (unpaired) electrons. The molecule has 0 aliphatic rings.